The lowest BCUT2D eigenvalue weighted by Gasteiger charge is -2.11. The van der Waals surface area contributed by atoms with Crippen molar-refractivity contribution in [2.75, 3.05) is 11.9 Å². The second-order valence-electron chi connectivity index (χ2n) is 3.77. The molecule has 0 unspecified atom stereocenters. The molecule has 1 aromatic heterocycles. The smallest absolute Gasteiger partial charge is 0.253 e. The lowest BCUT2D eigenvalue weighted by molar-refractivity contribution is 0.0956. The van der Waals surface area contributed by atoms with E-state index in [1.165, 1.54) is 0 Å². The van der Waals surface area contributed by atoms with Gasteiger partial charge in [-0.3, -0.25) is 9.78 Å². The van der Waals surface area contributed by atoms with Crippen LogP contribution in [0.25, 0.3) is 0 Å². The zero-order chi connectivity index (χ0) is 12.8. The Hall–Kier alpha value is -2.36. The van der Waals surface area contributed by atoms with Crippen molar-refractivity contribution in [1.82, 2.24) is 10.3 Å². The van der Waals surface area contributed by atoms with E-state index in [0.29, 0.717) is 12.1 Å². The first-order valence-electron chi connectivity index (χ1n) is 5.85. The molecule has 0 aliphatic heterocycles. The molecule has 1 aromatic carbocycles. The third kappa shape index (κ3) is 2.85. The molecule has 1 heterocycles. The van der Waals surface area contributed by atoms with Gasteiger partial charge in [-0.15, -0.1) is 0 Å². The van der Waals surface area contributed by atoms with Gasteiger partial charge >= 0.3 is 0 Å². The Morgan fingerprint density at radius 3 is 2.61 bits per heavy atom. The van der Waals surface area contributed by atoms with Crippen LogP contribution in [0, 0.1) is 0 Å². The first kappa shape index (κ1) is 12.1. The second-order valence-corrected chi connectivity index (χ2v) is 3.77. The van der Waals surface area contributed by atoms with Crippen LogP contribution >= 0.6 is 0 Å². The second kappa shape index (κ2) is 5.82. The number of para-hydroxylation sites is 1. The first-order valence-corrected chi connectivity index (χ1v) is 5.85. The fourth-order valence-corrected chi connectivity index (χ4v) is 1.64. The number of benzene rings is 1. The summed E-state index contributed by atoms with van der Waals surface area (Å²) in [7, 11) is 0. The molecule has 1 amide bonds. The summed E-state index contributed by atoms with van der Waals surface area (Å²) in [4.78, 5) is 15.8. The van der Waals surface area contributed by atoms with E-state index in [1.54, 1.807) is 18.5 Å². The Morgan fingerprint density at radius 2 is 1.89 bits per heavy atom. The van der Waals surface area contributed by atoms with Crippen LogP contribution in [-0.4, -0.2) is 17.4 Å². The number of nitrogens with one attached hydrogen (secondary N) is 2. The van der Waals surface area contributed by atoms with E-state index < -0.39 is 0 Å². The van der Waals surface area contributed by atoms with Crippen LogP contribution in [-0.2, 0) is 0 Å². The van der Waals surface area contributed by atoms with Crippen molar-refractivity contribution in [1.29, 1.82) is 0 Å². The van der Waals surface area contributed by atoms with Crippen molar-refractivity contribution in [3.05, 3.63) is 54.4 Å². The summed E-state index contributed by atoms with van der Waals surface area (Å²) in [5.74, 6) is -0.0744. The highest BCUT2D eigenvalue weighted by molar-refractivity contribution is 6.00. The molecule has 0 radical (unpaired) electrons. The fraction of sp³-hybridized carbons (Fsp3) is 0.143. The number of nitrogens with zero attached hydrogens (tertiary/aromatic N) is 1. The first-order chi connectivity index (χ1) is 8.81. The molecular weight excluding hydrogens is 226 g/mol. The molecule has 4 heteroatoms. The van der Waals surface area contributed by atoms with Gasteiger partial charge in [0.15, 0.2) is 0 Å². The lowest BCUT2D eigenvalue weighted by Crippen LogP contribution is -2.23. The van der Waals surface area contributed by atoms with Gasteiger partial charge in [0.2, 0.25) is 0 Å². The van der Waals surface area contributed by atoms with Gasteiger partial charge in [-0.25, -0.2) is 0 Å². The number of carbonyl (C=O) groups excluding carboxylic acids is 1. The van der Waals surface area contributed by atoms with E-state index >= 15 is 0 Å². The highest BCUT2D eigenvalue weighted by atomic mass is 16.1. The third-order valence-electron chi connectivity index (χ3n) is 2.47. The molecule has 2 N–H and O–H groups in total. The molecule has 0 fully saturated rings. The summed E-state index contributed by atoms with van der Waals surface area (Å²) in [6.07, 6.45) is 3.41. The van der Waals surface area contributed by atoms with Crippen molar-refractivity contribution in [3.63, 3.8) is 0 Å². The van der Waals surface area contributed by atoms with Gasteiger partial charge in [-0.2, -0.15) is 0 Å². The minimum absolute atomic E-state index is 0.0744. The highest BCUT2D eigenvalue weighted by Gasteiger charge is 2.09. The molecule has 0 spiro atoms. The SMILES string of the molecule is CCNC(=O)c1ccccc1Nc1ccncc1. The summed E-state index contributed by atoms with van der Waals surface area (Å²) >= 11 is 0. The minimum atomic E-state index is -0.0744. The van der Waals surface area contributed by atoms with E-state index in [1.807, 2.05) is 37.3 Å². The number of aromatic nitrogens is 1. The van der Waals surface area contributed by atoms with Gasteiger partial charge in [0.1, 0.15) is 0 Å². The Morgan fingerprint density at radius 1 is 1.17 bits per heavy atom. The third-order valence-corrected chi connectivity index (χ3v) is 2.47. The molecule has 2 aromatic rings. The summed E-state index contributed by atoms with van der Waals surface area (Å²) in [6, 6.07) is 11.1. The maximum Gasteiger partial charge on any atom is 0.253 e. The van der Waals surface area contributed by atoms with Gasteiger partial charge in [-0.1, -0.05) is 12.1 Å². The predicted molar refractivity (Wildman–Crippen MR) is 72.0 cm³/mol. The minimum Gasteiger partial charge on any atom is -0.355 e. The van der Waals surface area contributed by atoms with Gasteiger partial charge in [0, 0.05) is 24.6 Å². The number of hydrogen-bond acceptors (Lipinski definition) is 3. The van der Waals surface area contributed by atoms with Crippen molar-refractivity contribution in [3.8, 4) is 0 Å². The van der Waals surface area contributed by atoms with Gasteiger partial charge in [-0.05, 0) is 31.2 Å². The Kier molecular flexibility index (Phi) is 3.91. The van der Waals surface area contributed by atoms with Crippen LogP contribution in [0.2, 0.25) is 0 Å². The van der Waals surface area contributed by atoms with Crippen LogP contribution in [0.3, 0.4) is 0 Å². The van der Waals surface area contributed by atoms with Crippen molar-refractivity contribution >= 4 is 17.3 Å². The van der Waals surface area contributed by atoms with Gasteiger partial charge in [0.05, 0.1) is 11.3 Å². The predicted octanol–water partition coefficient (Wildman–Crippen LogP) is 2.57. The molecular formula is C14H15N3O. The maximum atomic E-state index is 11.9. The molecule has 2 rings (SSSR count). The van der Waals surface area contributed by atoms with Crippen LogP contribution in [0.15, 0.2) is 48.8 Å². The standard InChI is InChI=1S/C14H15N3O/c1-2-16-14(18)12-5-3-4-6-13(12)17-11-7-9-15-10-8-11/h3-10H,2H2,1H3,(H,15,17)(H,16,18). The lowest BCUT2D eigenvalue weighted by atomic mass is 10.1. The molecule has 92 valence electrons. The van der Waals surface area contributed by atoms with Gasteiger partial charge in [0.25, 0.3) is 5.91 Å². The molecule has 4 nitrogen and oxygen atoms in total. The van der Waals surface area contributed by atoms with Crippen molar-refractivity contribution in [2.45, 2.75) is 6.92 Å². The Labute approximate surface area is 106 Å². The highest BCUT2D eigenvalue weighted by Crippen LogP contribution is 2.20. The number of anilines is 2. The molecule has 18 heavy (non-hydrogen) atoms. The van der Waals surface area contributed by atoms with E-state index in [0.717, 1.165) is 11.4 Å². The van der Waals surface area contributed by atoms with E-state index in [4.69, 9.17) is 0 Å². The van der Waals surface area contributed by atoms with Crippen LogP contribution in [0.5, 0.6) is 0 Å². The summed E-state index contributed by atoms with van der Waals surface area (Å²) < 4.78 is 0. The summed E-state index contributed by atoms with van der Waals surface area (Å²) in [5.41, 5.74) is 2.33. The van der Waals surface area contributed by atoms with E-state index in [9.17, 15) is 4.79 Å². The van der Waals surface area contributed by atoms with Crippen LogP contribution in [0.4, 0.5) is 11.4 Å². The molecule has 0 saturated heterocycles. The summed E-state index contributed by atoms with van der Waals surface area (Å²) in [5, 5.41) is 6.01. The van der Waals surface area contributed by atoms with Gasteiger partial charge < -0.3 is 10.6 Å². The zero-order valence-electron chi connectivity index (χ0n) is 10.2. The largest absolute Gasteiger partial charge is 0.355 e. The van der Waals surface area contributed by atoms with E-state index in [2.05, 4.69) is 15.6 Å². The maximum absolute atomic E-state index is 11.9. The quantitative estimate of drug-likeness (QED) is 0.865. The topological polar surface area (TPSA) is 54.0 Å². The van der Waals surface area contributed by atoms with Crippen molar-refractivity contribution in [2.24, 2.45) is 0 Å². The Bertz CT molecular complexity index is 526. The molecule has 0 saturated carbocycles. The number of rotatable bonds is 4. The normalized spacial score (nSPS) is 9.83. The average Bonchev–Trinajstić information content (AvgIpc) is 2.41. The number of pyridine rings is 1. The molecule has 0 aliphatic carbocycles. The summed E-state index contributed by atoms with van der Waals surface area (Å²) in [6.45, 7) is 2.51. The van der Waals surface area contributed by atoms with Crippen molar-refractivity contribution < 1.29 is 4.79 Å². The fourth-order valence-electron chi connectivity index (χ4n) is 1.64. The monoisotopic (exact) mass is 241 g/mol. The molecule has 0 bridgehead atoms. The van der Waals surface area contributed by atoms with Crippen LogP contribution < -0.4 is 10.6 Å². The number of amides is 1. The average molecular weight is 241 g/mol. The van der Waals surface area contributed by atoms with Crippen LogP contribution in [0.1, 0.15) is 17.3 Å². The zero-order valence-corrected chi connectivity index (χ0v) is 10.2. The molecule has 0 atom stereocenters. The van der Waals surface area contributed by atoms with E-state index in [-0.39, 0.29) is 5.91 Å². The molecule has 0 aliphatic rings. The Balaban J connectivity index is 2.25. The number of carbonyl (C=O) groups is 1. The number of hydrogen-bond donors (Lipinski definition) is 2.